The summed E-state index contributed by atoms with van der Waals surface area (Å²) in [6.45, 7) is 7.72. The van der Waals surface area contributed by atoms with E-state index in [2.05, 4.69) is 33.4 Å². The first-order valence-electron chi connectivity index (χ1n) is 6.10. The van der Waals surface area contributed by atoms with E-state index in [0.29, 0.717) is 6.04 Å². The van der Waals surface area contributed by atoms with E-state index in [1.807, 2.05) is 0 Å². The Morgan fingerprint density at radius 2 is 2.12 bits per heavy atom. The van der Waals surface area contributed by atoms with Gasteiger partial charge in [0.2, 0.25) is 0 Å². The number of likely N-dealkylation sites (N-methyl/N-ethyl adjacent to an activating group) is 1. The number of nitrogen functional groups attached to an aromatic ring is 1. The topological polar surface area (TPSA) is 82.3 Å². The lowest BCUT2D eigenvalue weighted by Crippen LogP contribution is -2.48. The number of hydrogen-bond acceptors (Lipinski definition) is 5. The first kappa shape index (κ1) is 12.3. The molecular weight excluding hydrogens is 218 g/mol. The molecule has 17 heavy (non-hydrogen) atoms. The van der Waals surface area contributed by atoms with E-state index in [-0.39, 0.29) is 6.61 Å². The Labute approximate surface area is 101 Å². The Bertz CT molecular complexity index is 383. The number of rotatable bonds is 5. The highest BCUT2D eigenvalue weighted by Crippen LogP contribution is 2.27. The van der Waals surface area contributed by atoms with E-state index in [1.165, 1.54) is 0 Å². The molecule has 0 radical (unpaired) electrons. The van der Waals surface area contributed by atoms with Crippen LogP contribution in [0.25, 0.3) is 0 Å². The number of hydrogen-bond donors (Lipinski definition) is 2. The third-order valence-electron chi connectivity index (χ3n) is 3.41. The predicted octanol–water partition coefficient (Wildman–Crippen LogP) is 0.295. The van der Waals surface area contributed by atoms with E-state index < -0.39 is 0 Å². The summed E-state index contributed by atoms with van der Waals surface area (Å²) >= 11 is 0. The van der Waals surface area contributed by atoms with Gasteiger partial charge in [0.25, 0.3) is 0 Å². The van der Waals surface area contributed by atoms with E-state index in [4.69, 9.17) is 11.6 Å². The fraction of sp³-hybridized carbons (Fsp3) is 0.727. The minimum Gasteiger partial charge on any atom is -0.396 e. The minimum atomic E-state index is 0.274. The van der Waals surface area contributed by atoms with Gasteiger partial charge in [-0.2, -0.15) is 5.10 Å². The molecular formula is C11H21N5O. The van der Waals surface area contributed by atoms with Crippen LogP contribution in [-0.2, 0) is 17.9 Å². The molecule has 2 rings (SSSR count). The SMILES string of the molecule is CCc1c(N)c(CON)nn1C1CN(CC)C1. The summed E-state index contributed by atoms with van der Waals surface area (Å²) in [6.07, 6.45) is 0.881. The predicted molar refractivity (Wildman–Crippen MR) is 66.1 cm³/mol. The molecule has 96 valence electrons. The maximum Gasteiger partial charge on any atom is 0.114 e. The quantitative estimate of drug-likeness (QED) is 0.722. The van der Waals surface area contributed by atoms with Crippen molar-refractivity contribution in [3.05, 3.63) is 11.4 Å². The minimum absolute atomic E-state index is 0.274. The number of nitrogens with two attached hydrogens (primary N) is 2. The molecule has 0 unspecified atom stereocenters. The normalized spacial score (nSPS) is 17.4. The van der Waals surface area contributed by atoms with Crippen molar-refractivity contribution in [2.24, 2.45) is 5.90 Å². The molecule has 1 aromatic heterocycles. The molecule has 6 heteroatoms. The van der Waals surface area contributed by atoms with Gasteiger partial charge >= 0.3 is 0 Å². The van der Waals surface area contributed by atoms with Crippen LogP contribution in [0.3, 0.4) is 0 Å². The van der Waals surface area contributed by atoms with E-state index in [9.17, 15) is 0 Å². The third kappa shape index (κ3) is 2.15. The largest absolute Gasteiger partial charge is 0.396 e. The summed E-state index contributed by atoms with van der Waals surface area (Å²) in [5.41, 5.74) is 8.63. The first-order valence-corrected chi connectivity index (χ1v) is 6.10. The molecule has 1 aliphatic heterocycles. The van der Waals surface area contributed by atoms with Crippen molar-refractivity contribution in [3.8, 4) is 0 Å². The number of nitrogens with zero attached hydrogens (tertiary/aromatic N) is 3. The summed E-state index contributed by atoms with van der Waals surface area (Å²) in [5.74, 6) is 5.08. The van der Waals surface area contributed by atoms with E-state index in [1.54, 1.807) is 0 Å². The van der Waals surface area contributed by atoms with Crippen molar-refractivity contribution in [2.45, 2.75) is 32.9 Å². The lowest BCUT2D eigenvalue weighted by atomic mass is 10.1. The molecule has 0 saturated carbocycles. The molecule has 4 N–H and O–H groups in total. The second-order valence-electron chi connectivity index (χ2n) is 4.42. The first-order chi connectivity index (χ1) is 8.21. The Morgan fingerprint density at radius 3 is 2.65 bits per heavy atom. The molecule has 1 aromatic rings. The average molecular weight is 239 g/mol. The van der Waals surface area contributed by atoms with Crippen molar-refractivity contribution < 1.29 is 4.84 Å². The molecule has 0 aromatic carbocycles. The standard InChI is InChI=1S/C11H21N5O/c1-3-10-11(12)9(7-17-13)14-16(10)8-5-15(4-2)6-8/h8H,3-7,12-13H2,1-2H3. The highest BCUT2D eigenvalue weighted by molar-refractivity contribution is 5.48. The second-order valence-corrected chi connectivity index (χ2v) is 4.42. The molecule has 0 aliphatic carbocycles. The molecule has 0 bridgehead atoms. The zero-order valence-corrected chi connectivity index (χ0v) is 10.5. The zero-order chi connectivity index (χ0) is 12.4. The lowest BCUT2D eigenvalue weighted by molar-refractivity contribution is 0.0987. The average Bonchev–Trinajstić information content (AvgIpc) is 2.55. The molecule has 0 spiro atoms. The van der Waals surface area contributed by atoms with Gasteiger partial charge in [0.05, 0.1) is 17.4 Å². The van der Waals surface area contributed by atoms with Crippen molar-refractivity contribution in [1.29, 1.82) is 0 Å². The second kappa shape index (κ2) is 5.03. The van der Waals surface area contributed by atoms with Crippen LogP contribution in [0.15, 0.2) is 0 Å². The number of aromatic nitrogens is 2. The molecule has 2 heterocycles. The van der Waals surface area contributed by atoms with E-state index >= 15 is 0 Å². The molecule has 0 atom stereocenters. The zero-order valence-electron chi connectivity index (χ0n) is 10.5. The van der Waals surface area contributed by atoms with E-state index in [0.717, 1.165) is 43.1 Å². The van der Waals surface area contributed by atoms with Crippen LogP contribution in [0.5, 0.6) is 0 Å². The summed E-state index contributed by atoms with van der Waals surface area (Å²) < 4.78 is 2.05. The highest BCUT2D eigenvalue weighted by atomic mass is 16.6. The maximum absolute atomic E-state index is 6.05. The van der Waals surface area contributed by atoms with Crippen LogP contribution in [0, 0.1) is 0 Å². The van der Waals surface area contributed by atoms with Gasteiger partial charge in [-0.25, -0.2) is 5.90 Å². The van der Waals surface area contributed by atoms with Gasteiger partial charge in [-0.3, -0.25) is 14.4 Å². The fourth-order valence-corrected chi connectivity index (χ4v) is 2.33. The Kier molecular flexibility index (Phi) is 3.66. The van der Waals surface area contributed by atoms with Gasteiger partial charge in [0, 0.05) is 13.1 Å². The molecule has 1 fully saturated rings. The van der Waals surface area contributed by atoms with Crippen LogP contribution in [0.1, 0.15) is 31.3 Å². The molecule has 1 saturated heterocycles. The monoisotopic (exact) mass is 239 g/mol. The fourth-order valence-electron chi connectivity index (χ4n) is 2.33. The smallest absolute Gasteiger partial charge is 0.114 e. The van der Waals surface area contributed by atoms with Gasteiger partial charge in [0.15, 0.2) is 0 Å². The van der Waals surface area contributed by atoms with Crippen LogP contribution in [0.4, 0.5) is 5.69 Å². The summed E-state index contributed by atoms with van der Waals surface area (Å²) in [6, 6.07) is 0.443. The Balaban J connectivity index is 2.19. The molecule has 6 nitrogen and oxygen atoms in total. The van der Waals surface area contributed by atoms with Crippen molar-refractivity contribution in [1.82, 2.24) is 14.7 Å². The molecule has 1 aliphatic rings. The van der Waals surface area contributed by atoms with Gasteiger partial charge < -0.3 is 5.73 Å². The van der Waals surface area contributed by atoms with Crippen molar-refractivity contribution in [2.75, 3.05) is 25.4 Å². The van der Waals surface area contributed by atoms with Crippen LogP contribution in [0.2, 0.25) is 0 Å². The van der Waals surface area contributed by atoms with Crippen molar-refractivity contribution >= 4 is 5.69 Å². The van der Waals surface area contributed by atoms with Gasteiger partial charge in [-0.1, -0.05) is 13.8 Å². The van der Waals surface area contributed by atoms with Crippen molar-refractivity contribution in [3.63, 3.8) is 0 Å². The number of likely N-dealkylation sites (tertiary alicyclic amines) is 1. The van der Waals surface area contributed by atoms with Gasteiger partial charge in [0.1, 0.15) is 12.3 Å². The summed E-state index contributed by atoms with van der Waals surface area (Å²) in [7, 11) is 0. The van der Waals surface area contributed by atoms with Gasteiger partial charge in [-0.05, 0) is 13.0 Å². The Hall–Kier alpha value is -1.11. The Morgan fingerprint density at radius 1 is 1.41 bits per heavy atom. The molecule has 0 amide bonds. The lowest BCUT2D eigenvalue weighted by Gasteiger charge is -2.39. The van der Waals surface area contributed by atoms with Crippen LogP contribution in [-0.4, -0.2) is 34.3 Å². The third-order valence-corrected chi connectivity index (χ3v) is 3.41. The maximum atomic E-state index is 6.05. The van der Waals surface area contributed by atoms with Crippen LogP contribution < -0.4 is 11.6 Å². The summed E-state index contributed by atoms with van der Waals surface area (Å²) in [5, 5.41) is 4.52. The highest BCUT2D eigenvalue weighted by Gasteiger charge is 2.30. The number of anilines is 1. The van der Waals surface area contributed by atoms with Gasteiger partial charge in [-0.15, -0.1) is 0 Å². The summed E-state index contributed by atoms with van der Waals surface area (Å²) in [4.78, 5) is 7.01. The van der Waals surface area contributed by atoms with Crippen LogP contribution >= 0.6 is 0 Å².